The fraction of sp³-hybridized carbons (Fsp3) is 0.950. The van der Waals surface area contributed by atoms with Gasteiger partial charge in [-0.05, 0) is 29.7 Å². The Balaban J connectivity index is 2.03. The zero-order valence-electron chi connectivity index (χ0n) is 16.5. The van der Waals surface area contributed by atoms with Gasteiger partial charge in [0.2, 0.25) is 0 Å². The molecule has 1 rings (SSSR count). The highest BCUT2D eigenvalue weighted by Crippen LogP contribution is 2.30. The SMILES string of the molecule is CCCCCCCCCCCCCCC(CC)(CC)n1cnnn1. The Kier molecular flexibility index (Phi) is 11.8. The first-order valence-electron chi connectivity index (χ1n) is 10.5. The lowest BCUT2D eigenvalue weighted by atomic mass is 9.87. The van der Waals surface area contributed by atoms with Crippen LogP contribution in [0.5, 0.6) is 0 Å². The minimum Gasteiger partial charge on any atom is -0.226 e. The molecule has 0 atom stereocenters. The van der Waals surface area contributed by atoms with Gasteiger partial charge in [-0.25, -0.2) is 4.68 Å². The predicted octanol–water partition coefficient (Wildman–Crippen LogP) is 6.28. The minimum absolute atomic E-state index is 0.127. The molecule has 0 aliphatic carbocycles. The second kappa shape index (κ2) is 13.4. The first kappa shape index (κ1) is 21.1. The van der Waals surface area contributed by atoms with Crippen molar-refractivity contribution in [3.63, 3.8) is 0 Å². The molecule has 1 aromatic rings. The van der Waals surface area contributed by atoms with E-state index in [0.717, 1.165) is 12.8 Å². The molecule has 24 heavy (non-hydrogen) atoms. The maximum atomic E-state index is 4.16. The van der Waals surface area contributed by atoms with Crippen LogP contribution in [0.15, 0.2) is 6.33 Å². The molecule has 0 saturated heterocycles. The lowest BCUT2D eigenvalue weighted by Crippen LogP contribution is -2.33. The highest BCUT2D eigenvalue weighted by atomic mass is 15.5. The van der Waals surface area contributed by atoms with Crippen molar-refractivity contribution in [3.8, 4) is 0 Å². The Morgan fingerprint density at radius 1 is 0.708 bits per heavy atom. The fourth-order valence-electron chi connectivity index (χ4n) is 3.72. The van der Waals surface area contributed by atoms with Gasteiger partial charge < -0.3 is 0 Å². The number of aromatic nitrogens is 4. The standard InChI is InChI=1S/C20H40N4/c1-4-7-8-9-10-11-12-13-14-15-16-17-18-20(5-2,6-3)24-19-21-22-23-24/h19H,4-18H2,1-3H3. The average molecular weight is 337 g/mol. The quantitative estimate of drug-likeness (QED) is 0.334. The van der Waals surface area contributed by atoms with E-state index in [1.807, 2.05) is 4.68 Å². The summed E-state index contributed by atoms with van der Waals surface area (Å²) in [7, 11) is 0. The van der Waals surface area contributed by atoms with Gasteiger partial charge >= 0.3 is 0 Å². The molecule has 1 aromatic heterocycles. The van der Waals surface area contributed by atoms with Gasteiger partial charge in [-0.2, -0.15) is 0 Å². The Morgan fingerprint density at radius 2 is 1.21 bits per heavy atom. The van der Waals surface area contributed by atoms with Gasteiger partial charge in [-0.3, -0.25) is 0 Å². The third kappa shape index (κ3) is 7.76. The van der Waals surface area contributed by atoms with Crippen LogP contribution in [0.2, 0.25) is 0 Å². The van der Waals surface area contributed by atoms with Crippen LogP contribution in [-0.4, -0.2) is 20.2 Å². The van der Waals surface area contributed by atoms with E-state index in [-0.39, 0.29) is 5.54 Å². The zero-order chi connectivity index (χ0) is 17.5. The molecule has 0 radical (unpaired) electrons. The predicted molar refractivity (Wildman–Crippen MR) is 102 cm³/mol. The maximum absolute atomic E-state index is 4.16. The first-order chi connectivity index (χ1) is 11.8. The van der Waals surface area contributed by atoms with Crippen molar-refractivity contribution in [3.05, 3.63) is 6.33 Å². The molecule has 0 aliphatic heterocycles. The topological polar surface area (TPSA) is 43.6 Å². The fourth-order valence-corrected chi connectivity index (χ4v) is 3.72. The van der Waals surface area contributed by atoms with Gasteiger partial charge in [0.1, 0.15) is 6.33 Å². The first-order valence-corrected chi connectivity index (χ1v) is 10.5. The largest absolute Gasteiger partial charge is 0.226 e. The molecule has 0 bridgehead atoms. The summed E-state index contributed by atoms with van der Waals surface area (Å²) in [5, 5.41) is 11.8. The second-order valence-corrected chi connectivity index (χ2v) is 7.32. The molecule has 0 spiro atoms. The molecule has 0 fully saturated rings. The molecule has 0 aromatic carbocycles. The van der Waals surface area contributed by atoms with Crippen LogP contribution in [0.4, 0.5) is 0 Å². The Bertz CT molecular complexity index is 371. The van der Waals surface area contributed by atoms with Crippen LogP contribution in [0.25, 0.3) is 0 Å². The molecule has 0 saturated carbocycles. The van der Waals surface area contributed by atoms with Crippen molar-refractivity contribution in [2.24, 2.45) is 0 Å². The van der Waals surface area contributed by atoms with Crippen molar-refractivity contribution in [1.29, 1.82) is 0 Å². The Morgan fingerprint density at radius 3 is 1.62 bits per heavy atom. The average Bonchev–Trinajstić information content (AvgIpc) is 3.15. The third-order valence-electron chi connectivity index (χ3n) is 5.65. The molecule has 1 heterocycles. The van der Waals surface area contributed by atoms with Crippen molar-refractivity contribution in [1.82, 2.24) is 20.2 Å². The molecule has 4 heteroatoms. The number of nitrogens with zero attached hydrogens (tertiary/aromatic N) is 4. The monoisotopic (exact) mass is 336 g/mol. The van der Waals surface area contributed by atoms with Gasteiger partial charge in [0, 0.05) is 0 Å². The summed E-state index contributed by atoms with van der Waals surface area (Å²) in [5.41, 5.74) is 0.127. The number of tetrazole rings is 1. The molecular weight excluding hydrogens is 296 g/mol. The summed E-state index contributed by atoms with van der Waals surface area (Å²) < 4.78 is 1.99. The summed E-state index contributed by atoms with van der Waals surface area (Å²) in [4.78, 5) is 0. The molecule has 0 amide bonds. The van der Waals surface area contributed by atoms with Crippen LogP contribution < -0.4 is 0 Å². The Labute approximate surface area is 149 Å². The molecule has 0 unspecified atom stereocenters. The summed E-state index contributed by atoms with van der Waals surface area (Å²) in [6, 6.07) is 0. The number of hydrogen-bond donors (Lipinski definition) is 0. The van der Waals surface area contributed by atoms with Gasteiger partial charge in [-0.15, -0.1) is 5.10 Å². The molecular formula is C20H40N4. The Hall–Kier alpha value is -0.930. The van der Waals surface area contributed by atoms with Crippen molar-refractivity contribution in [2.45, 2.75) is 123 Å². The molecule has 0 N–H and O–H groups in total. The van der Waals surface area contributed by atoms with Crippen LogP contribution in [-0.2, 0) is 5.54 Å². The number of unbranched alkanes of at least 4 members (excludes halogenated alkanes) is 11. The van der Waals surface area contributed by atoms with Crippen LogP contribution in [0, 0.1) is 0 Å². The summed E-state index contributed by atoms with van der Waals surface area (Å²) >= 11 is 0. The van der Waals surface area contributed by atoms with Gasteiger partial charge in [0.05, 0.1) is 5.54 Å². The zero-order valence-corrected chi connectivity index (χ0v) is 16.5. The number of rotatable bonds is 16. The second-order valence-electron chi connectivity index (χ2n) is 7.32. The van der Waals surface area contributed by atoms with Gasteiger partial charge in [0.15, 0.2) is 0 Å². The molecule has 4 nitrogen and oxygen atoms in total. The lowest BCUT2D eigenvalue weighted by molar-refractivity contribution is 0.203. The van der Waals surface area contributed by atoms with Crippen LogP contribution in [0.3, 0.4) is 0 Å². The smallest absolute Gasteiger partial charge is 0.138 e. The van der Waals surface area contributed by atoms with Crippen LogP contribution in [0.1, 0.15) is 117 Å². The van der Waals surface area contributed by atoms with Crippen LogP contribution >= 0.6 is 0 Å². The molecule has 140 valence electrons. The van der Waals surface area contributed by atoms with E-state index in [1.165, 1.54) is 83.5 Å². The summed E-state index contributed by atoms with van der Waals surface area (Å²) in [6.45, 7) is 6.80. The number of hydrogen-bond acceptors (Lipinski definition) is 3. The lowest BCUT2D eigenvalue weighted by Gasteiger charge is -2.31. The van der Waals surface area contributed by atoms with Gasteiger partial charge in [-0.1, -0.05) is 97.8 Å². The minimum atomic E-state index is 0.127. The van der Waals surface area contributed by atoms with E-state index in [4.69, 9.17) is 0 Å². The summed E-state index contributed by atoms with van der Waals surface area (Å²) in [5.74, 6) is 0. The van der Waals surface area contributed by atoms with E-state index in [2.05, 4.69) is 36.3 Å². The van der Waals surface area contributed by atoms with Crippen molar-refractivity contribution in [2.75, 3.05) is 0 Å². The van der Waals surface area contributed by atoms with E-state index >= 15 is 0 Å². The van der Waals surface area contributed by atoms with Gasteiger partial charge in [0.25, 0.3) is 0 Å². The van der Waals surface area contributed by atoms with E-state index in [1.54, 1.807) is 6.33 Å². The van der Waals surface area contributed by atoms with Crippen molar-refractivity contribution < 1.29 is 0 Å². The highest BCUT2D eigenvalue weighted by molar-refractivity contribution is 4.82. The van der Waals surface area contributed by atoms with E-state index < -0.39 is 0 Å². The van der Waals surface area contributed by atoms with Crippen molar-refractivity contribution >= 4 is 0 Å². The highest BCUT2D eigenvalue weighted by Gasteiger charge is 2.28. The normalized spacial score (nSPS) is 12.0. The third-order valence-corrected chi connectivity index (χ3v) is 5.65. The van der Waals surface area contributed by atoms with E-state index in [9.17, 15) is 0 Å². The molecule has 0 aliphatic rings. The van der Waals surface area contributed by atoms with E-state index in [0.29, 0.717) is 0 Å². The summed E-state index contributed by atoms with van der Waals surface area (Å²) in [6.07, 6.45) is 22.0. The maximum Gasteiger partial charge on any atom is 0.138 e.